The molecular formula is C12H14BrN5S. The van der Waals surface area contributed by atoms with Crippen molar-refractivity contribution < 1.29 is 0 Å². The Labute approximate surface area is 124 Å². The van der Waals surface area contributed by atoms with Crippen molar-refractivity contribution in [3.8, 4) is 11.5 Å². The molecule has 0 saturated heterocycles. The van der Waals surface area contributed by atoms with Crippen molar-refractivity contribution in [3.05, 3.63) is 22.9 Å². The molecule has 0 radical (unpaired) electrons. The second-order valence-corrected chi connectivity index (χ2v) is 5.90. The van der Waals surface area contributed by atoms with E-state index >= 15 is 0 Å². The molecule has 0 bridgehead atoms. The van der Waals surface area contributed by atoms with Gasteiger partial charge in [-0.1, -0.05) is 6.92 Å². The van der Waals surface area contributed by atoms with E-state index in [0.717, 1.165) is 20.8 Å². The third kappa shape index (κ3) is 3.16. The van der Waals surface area contributed by atoms with Crippen molar-refractivity contribution in [2.75, 3.05) is 23.9 Å². The molecule has 0 atom stereocenters. The van der Waals surface area contributed by atoms with Crippen molar-refractivity contribution in [1.82, 2.24) is 15.0 Å². The van der Waals surface area contributed by atoms with Gasteiger partial charge in [0.25, 0.3) is 0 Å². The second-order valence-electron chi connectivity index (χ2n) is 3.68. The molecule has 2 rings (SSSR count). The fourth-order valence-corrected chi connectivity index (χ4v) is 2.84. The van der Waals surface area contributed by atoms with Crippen molar-refractivity contribution in [1.29, 1.82) is 0 Å². The summed E-state index contributed by atoms with van der Waals surface area (Å²) < 4.78 is 0.941. The minimum atomic E-state index is 0.521. The molecule has 0 amide bonds. The van der Waals surface area contributed by atoms with Gasteiger partial charge in [0, 0.05) is 22.6 Å². The highest BCUT2D eigenvalue weighted by molar-refractivity contribution is 9.10. The Kier molecular flexibility index (Phi) is 4.60. The summed E-state index contributed by atoms with van der Waals surface area (Å²) in [6.45, 7) is 2.10. The van der Waals surface area contributed by atoms with Gasteiger partial charge in [0.05, 0.1) is 11.9 Å². The summed E-state index contributed by atoms with van der Waals surface area (Å²) in [4.78, 5) is 14.1. The third-order valence-corrected chi connectivity index (χ3v) is 3.73. The number of nitrogens with two attached hydrogens (primary N) is 1. The lowest BCUT2D eigenvalue weighted by Crippen LogP contribution is -2.03. The fraction of sp³-hybridized carbons (Fsp3) is 0.250. The molecule has 2 aromatic heterocycles. The summed E-state index contributed by atoms with van der Waals surface area (Å²) in [6, 6.07) is 2.02. The molecule has 2 heterocycles. The lowest BCUT2D eigenvalue weighted by Gasteiger charge is -2.09. The topological polar surface area (TPSA) is 76.7 Å². The Morgan fingerprint density at radius 2 is 2.16 bits per heavy atom. The van der Waals surface area contributed by atoms with Crippen LogP contribution in [0.3, 0.4) is 0 Å². The minimum Gasteiger partial charge on any atom is -0.394 e. The molecule has 0 unspecified atom stereocenters. The minimum absolute atomic E-state index is 0.521. The highest BCUT2D eigenvalue weighted by atomic mass is 79.9. The summed E-state index contributed by atoms with van der Waals surface area (Å²) in [5, 5.41) is 2.95. The number of nitrogens with zero attached hydrogens (tertiary/aromatic N) is 3. The zero-order valence-electron chi connectivity index (χ0n) is 10.6. The van der Waals surface area contributed by atoms with E-state index in [4.69, 9.17) is 5.73 Å². The number of nitrogen functional groups attached to an aromatic ring is 1. The summed E-state index contributed by atoms with van der Waals surface area (Å²) in [6.07, 6.45) is 3.34. The molecular weight excluding hydrogens is 326 g/mol. The lowest BCUT2D eigenvalue weighted by atomic mass is 10.3. The Bertz CT molecular complexity index is 590. The standard InChI is InChI=1S/C12H14BrN5S/c1-3-19-9-4-7(13)5-16-10(9)12-17-6-8(14)11(15-2)18-12/h4-6H,3,14H2,1-2H3,(H,15,17,18). The number of anilines is 2. The van der Waals surface area contributed by atoms with Gasteiger partial charge >= 0.3 is 0 Å². The molecule has 19 heavy (non-hydrogen) atoms. The average Bonchev–Trinajstić information content (AvgIpc) is 2.40. The first-order valence-electron chi connectivity index (χ1n) is 5.74. The molecule has 7 heteroatoms. The molecule has 0 aliphatic heterocycles. The van der Waals surface area contributed by atoms with Crippen LogP contribution in [0.15, 0.2) is 27.8 Å². The second kappa shape index (κ2) is 6.21. The maximum atomic E-state index is 5.78. The van der Waals surface area contributed by atoms with Gasteiger partial charge in [-0.15, -0.1) is 11.8 Å². The summed E-state index contributed by atoms with van der Waals surface area (Å²) in [5.74, 6) is 2.14. The SMILES string of the molecule is CCSc1cc(Br)cnc1-c1ncc(N)c(NC)n1. The van der Waals surface area contributed by atoms with Crippen molar-refractivity contribution in [2.45, 2.75) is 11.8 Å². The molecule has 0 spiro atoms. The normalized spacial score (nSPS) is 10.5. The van der Waals surface area contributed by atoms with Crippen LogP contribution < -0.4 is 11.1 Å². The third-order valence-electron chi connectivity index (χ3n) is 2.38. The summed E-state index contributed by atoms with van der Waals surface area (Å²) in [7, 11) is 1.78. The van der Waals surface area contributed by atoms with Crippen LogP contribution >= 0.6 is 27.7 Å². The van der Waals surface area contributed by atoms with E-state index in [1.54, 1.807) is 31.2 Å². The molecule has 0 aliphatic carbocycles. The van der Waals surface area contributed by atoms with E-state index in [1.807, 2.05) is 6.07 Å². The molecule has 3 N–H and O–H groups in total. The predicted molar refractivity (Wildman–Crippen MR) is 83.3 cm³/mol. The van der Waals surface area contributed by atoms with Gasteiger partial charge in [-0.25, -0.2) is 9.97 Å². The van der Waals surface area contributed by atoms with Crippen LogP contribution in [0.5, 0.6) is 0 Å². The van der Waals surface area contributed by atoms with Crippen molar-refractivity contribution in [3.63, 3.8) is 0 Å². The Hall–Kier alpha value is -1.34. The van der Waals surface area contributed by atoms with Gasteiger partial charge in [-0.2, -0.15) is 0 Å². The first-order chi connectivity index (χ1) is 9.15. The van der Waals surface area contributed by atoms with Gasteiger partial charge in [-0.05, 0) is 27.7 Å². The van der Waals surface area contributed by atoms with E-state index in [1.165, 1.54) is 0 Å². The number of hydrogen-bond acceptors (Lipinski definition) is 6. The lowest BCUT2D eigenvalue weighted by molar-refractivity contribution is 1.10. The molecule has 5 nitrogen and oxygen atoms in total. The van der Waals surface area contributed by atoms with Crippen molar-refractivity contribution in [2.24, 2.45) is 0 Å². The summed E-state index contributed by atoms with van der Waals surface area (Å²) >= 11 is 5.13. The van der Waals surface area contributed by atoms with Crippen LogP contribution in [0.4, 0.5) is 11.5 Å². The van der Waals surface area contributed by atoms with Crippen LogP contribution in [-0.2, 0) is 0 Å². The maximum absolute atomic E-state index is 5.78. The van der Waals surface area contributed by atoms with E-state index in [-0.39, 0.29) is 0 Å². The highest BCUT2D eigenvalue weighted by Gasteiger charge is 2.12. The Morgan fingerprint density at radius 1 is 1.37 bits per heavy atom. The van der Waals surface area contributed by atoms with Crippen molar-refractivity contribution >= 4 is 39.2 Å². The van der Waals surface area contributed by atoms with Crippen LogP contribution in [0, 0.1) is 0 Å². The van der Waals surface area contributed by atoms with Gasteiger partial charge in [0.2, 0.25) is 0 Å². The number of halogens is 1. The van der Waals surface area contributed by atoms with Crippen LogP contribution in [0.25, 0.3) is 11.5 Å². The largest absolute Gasteiger partial charge is 0.394 e. The van der Waals surface area contributed by atoms with Crippen LogP contribution in [-0.4, -0.2) is 27.8 Å². The van der Waals surface area contributed by atoms with Crippen LogP contribution in [0.1, 0.15) is 6.92 Å². The average molecular weight is 340 g/mol. The molecule has 0 aliphatic rings. The van der Waals surface area contributed by atoms with Gasteiger partial charge in [0.15, 0.2) is 11.6 Å². The maximum Gasteiger partial charge on any atom is 0.181 e. The quantitative estimate of drug-likeness (QED) is 0.833. The number of nitrogens with one attached hydrogen (secondary N) is 1. The van der Waals surface area contributed by atoms with E-state index in [9.17, 15) is 0 Å². The van der Waals surface area contributed by atoms with Gasteiger partial charge in [0.1, 0.15) is 5.69 Å². The zero-order valence-corrected chi connectivity index (χ0v) is 13.0. The first-order valence-corrected chi connectivity index (χ1v) is 7.52. The first kappa shape index (κ1) is 14.1. The van der Waals surface area contributed by atoms with Gasteiger partial charge in [-0.3, -0.25) is 4.98 Å². The number of pyridine rings is 1. The van der Waals surface area contributed by atoms with E-state index < -0.39 is 0 Å². The number of rotatable bonds is 4. The molecule has 2 aromatic rings. The highest BCUT2D eigenvalue weighted by Crippen LogP contribution is 2.30. The molecule has 0 saturated carbocycles. The van der Waals surface area contributed by atoms with E-state index in [2.05, 4.69) is 43.1 Å². The fourth-order valence-electron chi connectivity index (χ4n) is 1.56. The number of thioether (sulfide) groups is 1. The monoisotopic (exact) mass is 339 g/mol. The molecule has 0 fully saturated rings. The smallest absolute Gasteiger partial charge is 0.181 e. The van der Waals surface area contributed by atoms with Gasteiger partial charge < -0.3 is 11.1 Å². The van der Waals surface area contributed by atoms with E-state index in [0.29, 0.717) is 17.3 Å². The number of aromatic nitrogens is 3. The Morgan fingerprint density at radius 3 is 2.84 bits per heavy atom. The number of hydrogen-bond donors (Lipinski definition) is 2. The zero-order chi connectivity index (χ0) is 13.8. The summed E-state index contributed by atoms with van der Waals surface area (Å²) in [5.41, 5.74) is 7.07. The Balaban J connectivity index is 2.51. The molecule has 0 aromatic carbocycles. The predicted octanol–water partition coefficient (Wildman–Crippen LogP) is 3.04. The molecule has 100 valence electrons. The van der Waals surface area contributed by atoms with Crippen LogP contribution in [0.2, 0.25) is 0 Å².